The Morgan fingerprint density at radius 1 is 1.28 bits per heavy atom. The van der Waals surface area contributed by atoms with Crippen LogP contribution in [0.5, 0.6) is 0 Å². The maximum atomic E-state index is 9.97. The summed E-state index contributed by atoms with van der Waals surface area (Å²) in [6, 6.07) is 0.753. The Morgan fingerprint density at radius 2 is 2.06 bits per heavy atom. The Bertz CT molecular complexity index is 231. The lowest BCUT2D eigenvalue weighted by Gasteiger charge is -2.24. The van der Waals surface area contributed by atoms with E-state index < -0.39 is 0 Å². The van der Waals surface area contributed by atoms with Gasteiger partial charge < -0.3 is 10.4 Å². The molecular formula is C14H29N3O. The second kappa shape index (κ2) is 7.43. The van der Waals surface area contributed by atoms with E-state index in [-0.39, 0.29) is 6.10 Å². The average Bonchev–Trinajstić information content (AvgIpc) is 2.98. The van der Waals surface area contributed by atoms with Crippen molar-refractivity contribution >= 4 is 0 Å². The number of rotatable bonds is 7. The van der Waals surface area contributed by atoms with Crippen molar-refractivity contribution in [2.75, 3.05) is 45.8 Å². The van der Waals surface area contributed by atoms with Crippen molar-refractivity contribution in [2.45, 2.75) is 44.8 Å². The summed E-state index contributed by atoms with van der Waals surface area (Å²) in [4.78, 5) is 5.07. The summed E-state index contributed by atoms with van der Waals surface area (Å²) in [5.41, 5.74) is 0. The minimum atomic E-state index is -0.214. The Kier molecular flexibility index (Phi) is 5.89. The number of β-amino-alcohol motifs (C(OH)–C–C–N with tert-alkyl or cyclic N) is 1. The Hall–Kier alpha value is -0.160. The van der Waals surface area contributed by atoms with E-state index in [0.29, 0.717) is 0 Å². The van der Waals surface area contributed by atoms with Gasteiger partial charge in [-0.15, -0.1) is 0 Å². The molecule has 2 unspecified atom stereocenters. The van der Waals surface area contributed by atoms with Gasteiger partial charge in [0, 0.05) is 25.7 Å². The zero-order valence-corrected chi connectivity index (χ0v) is 11.8. The van der Waals surface area contributed by atoms with Crippen molar-refractivity contribution in [3.8, 4) is 0 Å². The quantitative estimate of drug-likeness (QED) is 0.651. The molecule has 2 fully saturated rings. The largest absolute Gasteiger partial charge is 0.390 e. The molecule has 0 amide bonds. The minimum Gasteiger partial charge on any atom is -0.390 e. The molecule has 106 valence electrons. The molecule has 0 aromatic heterocycles. The number of nitrogens with one attached hydrogen (secondary N) is 1. The van der Waals surface area contributed by atoms with Crippen molar-refractivity contribution in [3.05, 3.63) is 0 Å². The zero-order chi connectivity index (χ0) is 12.8. The summed E-state index contributed by atoms with van der Waals surface area (Å²) in [7, 11) is 0. The first-order valence-electron chi connectivity index (χ1n) is 7.64. The normalized spacial score (nSPS) is 28.0. The molecule has 18 heavy (non-hydrogen) atoms. The molecule has 2 rings (SSSR count). The predicted octanol–water partition coefficient (Wildman–Crippen LogP) is 0.517. The molecule has 2 aliphatic heterocycles. The first-order chi connectivity index (χ1) is 8.79. The van der Waals surface area contributed by atoms with Crippen LogP contribution in [0.4, 0.5) is 0 Å². The Balaban J connectivity index is 1.62. The summed E-state index contributed by atoms with van der Waals surface area (Å²) in [5, 5.41) is 13.3. The molecule has 0 aromatic rings. The van der Waals surface area contributed by atoms with E-state index in [4.69, 9.17) is 0 Å². The highest BCUT2D eigenvalue weighted by molar-refractivity contribution is 4.86. The van der Waals surface area contributed by atoms with Gasteiger partial charge in [0.2, 0.25) is 0 Å². The molecule has 2 heterocycles. The summed E-state index contributed by atoms with van der Waals surface area (Å²) < 4.78 is 0. The van der Waals surface area contributed by atoms with Gasteiger partial charge in [0.05, 0.1) is 6.10 Å². The van der Waals surface area contributed by atoms with E-state index in [0.717, 1.165) is 45.2 Å². The molecule has 2 aliphatic rings. The topological polar surface area (TPSA) is 38.7 Å². The number of nitrogens with zero attached hydrogens (tertiary/aromatic N) is 2. The molecule has 0 spiro atoms. The number of hydrogen-bond acceptors (Lipinski definition) is 4. The summed E-state index contributed by atoms with van der Waals surface area (Å²) in [6.45, 7) is 9.63. The monoisotopic (exact) mass is 255 g/mol. The van der Waals surface area contributed by atoms with Crippen LogP contribution in [0.25, 0.3) is 0 Å². The zero-order valence-electron chi connectivity index (χ0n) is 11.8. The third-order valence-electron chi connectivity index (χ3n) is 4.18. The van der Waals surface area contributed by atoms with E-state index in [2.05, 4.69) is 22.0 Å². The molecule has 4 nitrogen and oxygen atoms in total. The number of aliphatic hydroxyl groups excluding tert-OH is 1. The van der Waals surface area contributed by atoms with Crippen LogP contribution >= 0.6 is 0 Å². The summed E-state index contributed by atoms with van der Waals surface area (Å²) in [5.74, 6) is 0. The predicted molar refractivity (Wildman–Crippen MR) is 74.8 cm³/mol. The molecule has 2 atom stereocenters. The van der Waals surface area contributed by atoms with Crippen LogP contribution in [0.1, 0.15) is 32.6 Å². The summed E-state index contributed by atoms with van der Waals surface area (Å²) >= 11 is 0. The second-order valence-electron chi connectivity index (χ2n) is 5.80. The molecule has 0 saturated carbocycles. The van der Waals surface area contributed by atoms with E-state index in [1.807, 2.05) is 0 Å². The van der Waals surface area contributed by atoms with Crippen LogP contribution in [-0.2, 0) is 0 Å². The molecule has 0 bridgehead atoms. The fraction of sp³-hybridized carbons (Fsp3) is 1.00. The Labute approximate surface area is 111 Å². The minimum absolute atomic E-state index is 0.214. The average molecular weight is 255 g/mol. The fourth-order valence-corrected chi connectivity index (χ4v) is 3.19. The smallest absolute Gasteiger partial charge is 0.0791 e. The second-order valence-corrected chi connectivity index (χ2v) is 5.80. The number of likely N-dealkylation sites (tertiary alicyclic amines) is 2. The molecule has 2 saturated heterocycles. The lowest BCUT2D eigenvalue weighted by molar-refractivity contribution is 0.118. The maximum Gasteiger partial charge on any atom is 0.0791 e. The lowest BCUT2D eigenvalue weighted by atomic mass is 10.2. The lowest BCUT2D eigenvalue weighted by Crippen LogP contribution is -2.40. The van der Waals surface area contributed by atoms with Crippen molar-refractivity contribution in [1.29, 1.82) is 0 Å². The van der Waals surface area contributed by atoms with E-state index >= 15 is 0 Å². The SMILES string of the molecule is CCCNCC(O)CN1CCC(N2CCCC2)C1. The van der Waals surface area contributed by atoms with Gasteiger partial charge in [-0.3, -0.25) is 9.80 Å². The van der Waals surface area contributed by atoms with Crippen LogP contribution in [0.3, 0.4) is 0 Å². The third kappa shape index (κ3) is 4.19. The molecular weight excluding hydrogens is 226 g/mol. The molecule has 0 radical (unpaired) electrons. The van der Waals surface area contributed by atoms with Crippen LogP contribution in [-0.4, -0.2) is 72.9 Å². The standard InChI is InChI=1S/C14H29N3O/c1-2-6-15-10-14(18)12-16-9-5-13(11-16)17-7-3-4-8-17/h13-15,18H,2-12H2,1H3. The maximum absolute atomic E-state index is 9.97. The number of hydrogen-bond donors (Lipinski definition) is 2. The summed E-state index contributed by atoms with van der Waals surface area (Å²) in [6.07, 6.45) is 4.96. The highest BCUT2D eigenvalue weighted by Crippen LogP contribution is 2.20. The van der Waals surface area contributed by atoms with E-state index in [1.54, 1.807) is 0 Å². The van der Waals surface area contributed by atoms with Crippen LogP contribution in [0.15, 0.2) is 0 Å². The van der Waals surface area contributed by atoms with E-state index in [9.17, 15) is 5.11 Å². The van der Waals surface area contributed by atoms with Gasteiger partial charge in [-0.25, -0.2) is 0 Å². The van der Waals surface area contributed by atoms with Crippen LogP contribution in [0.2, 0.25) is 0 Å². The van der Waals surface area contributed by atoms with E-state index in [1.165, 1.54) is 32.4 Å². The number of aliphatic hydroxyl groups is 1. The van der Waals surface area contributed by atoms with Crippen molar-refractivity contribution in [3.63, 3.8) is 0 Å². The molecule has 0 aromatic carbocycles. The Morgan fingerprint density at radius 3 is 2.78 bits per heavy atom. The van der Waals surface area contributed by atoms with Crippen LogP contribution < -0.4 is 5.32 Å². The fourth-order valence-electron chi connectivity index (χ4n) is 3.19. The highest BCUT2D eigenvalue weighted by atomic mass is 16.3. The molecule has 0 aliphatic carbocycles. The van der Waals surface area contributed by atoms with Gasteiger partial charge in [0.15, 0.2) is 0 Å². The highest BCUT2D eigenvalue weighted by Gasteiger charge is 2.29. The van der Waals surface area contributed by atoms with Crippen molar-refractivity contribution in [2.24, 2.45) is 0 Å². The van der Waals surface area contributed by atoms with Crippen LogP contribution in [0, 0.1) is 0 Å². The van der Waals surface area contributed by atoms with Gasteiger partial charge >= 0.3 is 0 Å². The van der Waals surface area contributed by atoms with Gasteiger partial charge in [0.1, 0.15) is 0 Å². The first-order valence-corrected chi connectivity index (χ1v) is 7.64. The van der Waals surface area contributed by atoms with Crippen molar-refractivity contribution < 1.29 is 5.11 Å². The molecule has 4 heteroatoms. The first kappa shape index (κ1) is 14.3. The third-order valence-corrected chi connectivity index (χ3v) is 4.18. The molecule has 2 N–H and O–H groups in total. The van der Waals surface area contributed by atoms with Crippen molar-refractivity contribution in [1.82, 2.24) is 15.1 Å². The van der Waals surface area contributed by atoms with Gasteiger partial charge in [-0.05, 0) is 51.9 Å². The van der Waals surface area contributed by atoms with Gasteiger partial charge in [-0.2, -0.15) is 0 Å². The van der Waals surface area contributed by atoms with Gasteiger partial charge in [-0.1, -0.05) is 6.92 Å². The van der Waals surface area contributed by atoms with Gasteiger partial charge in [0.25, 0.3) is 0 Å².